The van der Waals surface area contributed by atoms with Gasteiger partial charge in [-0.2, -0.15) is 0 Å². The molecule has 0 aromatic carbocycles. The van der Waals surface area contributed by atoms with Crippen molar-refractivity contribution >= 4 is 0 Å². The number of aliphatic hydroxyl groups is 21. The molecule has 14 bridgehead atoms. The van der Waals surface area contributed by atoms with Crippen LogP contribution in [0.5, 0.6) is 0 Å². The molecule has 35 atom stereocenters. The highest BCUT2D eigenvalue weighted by Gasteiger charge is 2.60. The van der Waals surface area contributed by atoms with Crippen LogP contribution in [0.4, 0.5) is 0 Å². The SMILES string of the molecule is OCCCO[C@@H]1[C@@H](O)[C@H]2O[C@H]3[C@H](O)[C@@H](O)[C@@H](O[C@H]4[C@H](O)[C@@H](O)[C@@H](O[C@H]5[C@H](O)[C@@H](O)[C@@H](O[C@H]6[C@H](O)[C@@H](O)[C@@H](O[C@H]7[C@H](O)[C@@H](O)[C@@H](O[C@H]8[C@H](O)[C@@H](O)[C@@H](O[C@@H]1[C@@H](CO)O2)O[C@@H]8CO)O[C@@H]7CO)O[C@@H]6CO)O[C@@H]5CO)O[C@@H]4CO)O[C@@H]3CO. The Morgan fingerprint density at radius 1 is 0.222 bits per heavy atom. The first-order valence-electron chi connectivity index (χ1n) is 26.2. The summed E-state index contributed by atoms with van der Waals surface area (Å²) < 4.78 is 86.5. The molecule has 0 aromatic rings. The predicted molar refractivity (Wildman–Crippen MR) is 244 cm³/mol. The van der Waals surface area contributed by atoms with Gasteiger partial charge in [-0.25, -0.2) is 0 Å². The maximum absolute atomic E-state index is 11.8. The van der Waals surface area contributed by atoms with Crippen molar-refractivity contribution in [1.82, 2.24) is 0 Å². The van der Waals surface area contributed by atoms with Gasteiger partial charge in [0.25, 0.3) is 0 Å². The van der Waals surface area contributed by atoms with Crippen LogP contribution in [0, 0.1) is 0 Å². The van der Waals surface area contributed by atoms with E-state index in [-0.39, 0.29) is 13.0 Å². The summed E-state index contributed by atoms with van der Waals surface area (Å²) in [5, 5.41) is 231. The first-order valence-corrected chi connectivity index (χ1v) is 26.2. The van der Waals surface area contributed by atoms with Crippen LogP contribution in [0.15, 0.2) is 0 Å². The van der Waals surface area contributed by atoms with Gasteiger partial charge in [0, 0.05) is 13.2 Å². The van der Waals surface area contributed by atoms with Crippen molar-refractivity contribution in [2.75, 3.05) is 59.5 Å². The molecule has 21 heterocycles. The second-order valence-electron chi connectivity index (χ2n) is 20.6. The van der Waals surface area contributed by atoms with Gasteiger partial charge < -0.3 is 178 Å². The largest absolute Gasteiger partial charge is 0.396 e. The minimum Gasteiger partial charge on any atom is -0.396 e. The molecule has 0 aliphatic carbocycles. The zero-order valence-electron chi connectivity index (χ0n) is 42.8. The highest BCUT2D eigenvalue weighted by atomic mass is 16.8. The molecule has 472 valence electrons. The Morgan fingerprint density at radius 3 is 0.605 bits per heavy atom. The fraction of sp³-hybridized carbons (Fsp3) is 1.00. The molecule has 21 fully saturated rings. The van der Waals surface area contributed by atoms with Gasteiger partial charge in [-0.05, 0) is 6.42 Å². The molecule has 36 heteroatoms. The minimum atomic E-state index is -2.21. The fourth-order valence-corrected chi connectivity index (χ4v) is 10.9. The van der Waals surface area contributed by atoms with Crippen molar-refractivity contribution in [1.29, 1.82) is 0 Å². The van der Waals surface area contributed by atoms with Gasteiger partial charge in [0.05, 0.1) is 46.2 Å². The Kier molecular flexibility index (Phi) is 23.1. The molecular weight excluding hydrogens is 1120 g/mol. The maximum atomic E-state index is 11.8. The van der Waals surface area contributed by atoms with Crippen molar-refractivity contribution in [3.8, 4) is 0 Å². The van der Waals surface area contributed by atoms with Crippen LogP contribution in [-0.2, 0) is 71.1 Å². The van der Waals surface area contributed by atoms with Crippen LogP contribution in [-0.4, -0.2) is 382 Å². The molecule has 21 aliphatic rings. The zero-order chi connectivity index (χ0) is 58.9. The van der Waals surface area contributed by atoms with Crippen LogP contribution < -0.4 is 0 Å². The van der Waals surface area contributed by atoms with E-state index in [2.05, 4.69) is 0 Å². The van der Waals surface area contributed by atoms with E-state index in [1.54, 1.807) is 0 Å². The molecule has 0 amide bonds. The summed E-state index contributed by atoms with van der Waals surface area (Å²) in [6.45, 7) is -8.04. The molecule has 21 N–H and O–H groups in total. The average molecular weight is 1190 g/mol. The first kappa shape index (κ1) is 65.5. The Morgan fingerprint density at radius 2 is 0.407 bits per heavy atom. The molecular formula is C45H76O36. The summed E-state index contributed by atoms with van der Waals surface area (Å²) in [6.07, 6.45) is -69.4. The van der Waals surface area contributed by atoms with Crippen molar-refractivity contribution in [2.45, 2.75) is 221 Å². The van der Waals surface area contributed by atoms with Gasteiger partial charge in [0.1, 0.15) is 171 Å². The number of rotatable bonds is 11. The van der Waals surface area contributed by atoms with Crippen LogP contribution in [0.3, 0.4) is 0 Å². The quantitative estimate of drug-likeness (QED) is 0.0854. The van der Waals surface area contributed by atoms with Crippen LogP contribution in [0.25, 0.3) is 0 Å². The van der Waals surface area contributed by atoms with Gasteiger partial charge in [-0.15, -0.1) is 0 Å². The minimum absolute atomic E-state index is 0.0581. The van der Waals surface area contributed by atoms with E-state index in [0.29, 0.717) is 0 Å². The molecule has 0 spiro atoms. The van der Waals surface area contributed by atoms with E-state index in [9.17, 15) is 107 Å². The molecule has 0 saturated carbocycles. The van der Waals surface area contributed by atoms with Crippen molar-refractivity contribution in [3.63, 3.8) is 0 Å². The third-order valence-electron chi connectivity index (χ3n) is 15.4. The fourth-order valence-electron chi connectivity index (χ4n) is 10.9. The van der Waals surface area contributed by atoms with E-state index in [1.807, 2.05) is 0 Å². The van der Waals surface area contributed by atoms with Gasteiger partial charge >= 0.3 is 0 Å². The lowest BCUT2D eigenvalue weighted by Gasteiger charge is -2.50. The van der Waals surface area contributed by atoms with E-state index in [0.717, 1.165) is 0 Å². The molecule has 81 heavy (non-hydrogen) atoms. The zero-order valence-corrected chi connectivity index (χ0v) is 42.8. The van der Waals surface area contributed by atoms with Crippen LogP contribution in [0.2, 0.25) is 0 Å². The monoisotopic (exact) mass is 1190 g/mol. The molecule has 0 unspecified atom stereocenters. The second kappa shape index (κ2) is 28.6. The van der Waals surface area contributed by atoms with E-state index in [1.165, 1.54) is 0 Å². The number of aliphatic hydroxyl groups excluding tert-OH is 21. The number of ether oxygens (including phenoxy) is 15. The normalized spacial score (nSPS) is 53.2. The third kappa shape index (κ3) is 13.4. The molecule has 0 radical (unpaired) electrons. The van der Waals surface area contributed by atoms with E-state index >= 15 is 0 Å². The summed E-state index contributed by atoms with van der Waals surface area (Å²) in [7, 11) is 0. The van der Waals surface area contributed by atoms with Crippen molar-refractivity contribution < 1.29 is 178 Å². The van der Waals surface area contributed by atoms with Crippen molar-refractivity contribution in [3.05, 3.63) is 0 Å². The summed E-state index contributed by atoms with van der Waals surface area (Å²) in [6, 6.07) is 0. The Balaban J connectivity index is 1.10. The van der Waals surface area contributed by atoms with Gasteiger partial charge in [0.15, 0.2) is 44.0 Å². The standard InChI is InChI=1S/C45H76O36/c46-2-1-3-67-38-30(66)45-74-17(10-53)37(38)81-44-29(65)23(59)35(15(8-51)73-44)79-42-27(63)21(57)33(13(6-49)71-42)77-40-25(61)19(55)31(11(4-47)69-40)75-39-24(60)18(54)32(12(5-48)68-39)76-41-26(62)20(56)34(14(7-50)70-41)78-43-28(64)22(58)36(80-45)16(9-52)72-43/h11-66H,1-10H2/t11-,12-,13-,14-,15-,16-,17-,18-,19-,20-,21-,22-,23-,24-,25-,26-,27-,28-,29-,30-,31-,32-,33-,34-,35-,36-,37-,38-,39-,40-,41-,42-,43-,44-,45-/m1/s1. The maximum Gasteiger partial charge on any atom is 0.187 e. The average Bonchev–Trinajstić information content (AvgIpc) is 3.60. The summed E-state index contributed by atoms with van der Waals surface area (Å²) in [5.41, 5.74) is 0. The van der Waals surface area contributed by atoms with Crippen LogP contribution >= 0.6 is 0 Å². The number of hydrogen-bond acceptors (Lipinski definition) is 36. The van der Waals surface area contributed by atoms with E-state index < -0.39 is 268 Å². The Bertz CT molecular complexity index is 1890. The predicted octanol–water partition coefficient (Wildman–Crippen LogP) is -14.8. The molecule has 36 nitrogen and oxygen atoms in total. The van der Waals surface area contributed by atoms with E-state index in [4.69, 9.17) is 71.1 Å². The number of hydrogen-bond donors (Lipinski definition) is 21. The molecule has 0 aromatic heterocycles. The summed E-state index contributed by atoms with van der Waals surface area (Å²) in [4.78, 5) is 0. The topological polar surface area (TPSA) is 563 Å². The van der Waals surface area contributed by atoms with Crippen LogP contribution in [0.1, 0.15) is 6.42 Å². The lowest BCUT2D eigenvalue weighted by atomic mass is 9.95. The molecule has 21 aliphatic heterocycles. The van der Waals surface area contributed by atoms with Gasteiger partial charge in [-0.1, -0.05) is 0 Å². The first-order chi connectivity index (χ1) is 38.7. The second-order valence-corrected chi connectivity index (χ2v) is 20.6. The Hall–Kier alpha value is -1.44. The smallest absolute Gasteiger partial charge is 0.187 e. The summed E-state index contributed by atoms with van der Waals surface area (Å²) in [5.74, 6) is 0. The van der Waals surface area contributed by atoms with Gasteiger partial charge in [-0.3, -0.25) is 0 Å². The Labute approximate surface area is 458 Å². The lowest BCUT2D eigenvalue weighted by molar-refractivity contribution is -0.398. The molecule has 21 rings (SSSR count). The third-order valence-corrected chi connectivity index (χ3v) is 15.4. The van der Waals surface area contributed by atoms with Gasteiger partial charge in [0.2, 0.25) is 0 Å². The van der Waals surface area contributed by atoms with Crippen molar-refractivity contribution in [2.24, 2.45) is 0 Å². The highest BCUT2D eigenvalue weighted by molar-refractivity contribution is 5.02. The molecule has 21 saturated heterocycles. The lowest BCUT2D eigenvalue weighted by Crippen LogP contribution is -2.68. The highest BCUT2D eigenvalue weighted by Crippen LogP contribution is 2.39. The summed E-state index contributed by atoms with van der Waals surface area (Å²) >= 11 is 0.